The molecule has 6 heteroatoms. The van der Waals surface area contributed by atoms with E-state index in [4.69, 9.17) is 5.73 Å². The molecule has 5 nitrogen and oxygen atoms in total. The largest absolute Gasteiger partial charge is 0.399 e. The molecule has 1 aromatic rings. The van der Waals surface area contributed by atoms with Crippen molar-refractivity contribution < 1.29 is 14.0 Å². The molecule has 3 N–H and O–H groups in total. The van der Waals surface area contributed by atoms with Gasteiger partial charge in [-0.1, -0.05) is 0 Å². The lowest BCUT2D eigenvalue weighted by molar-refractivity contribution is -0.126. The molecule has 1 aliphatic heterocycles. The van der Waals surface area contributed by atoms with E-state index >= 15 is 0 Å². The van der Waals surface area contributed by atoms with Crippen molar-refractivity contribution in [3.8, 4) is 0 Å². The third kappa shape index (κ3) is 2.89. The summed E-state index contributed by atoms with van der Waals surface area (Å²) in [5.74, 6) is -1.10. The number of nitrogens with zero attached hydrogens (tertiary/aromatic N) is 1. The minimum atomic E-state index is -0.554. The number of halogens is 1. The maximum Gasteiger partial charge on any atom is 0.254 e. The Hall–Kier alpha value is -2.11. The number of hydrogen-bond donors (Lipinski definition) is 2. The van der Waals surface area contributed by atoms with Gasteiger partial charge in [-0.25, -0.2) is 4.39 Å². The summed E-state index contributed by atoms with van der Waals surface area (Å²) in [6.07, 6.45) is 2.35. The summed E-state index contributed by atoms with van der Waals surface area (Å²) in [6.45, 7) is 0.493. The van der Waals surface area contributed by atoms with Crippen LogP contribution in [0.3, 0.4) is 0 Å². The summed E-state index contributed by atoms with van der Waals surface area (Å²) < 4.78 is 13.3. The van der Waals surface area contributed by atoms with Crippen molar-refractivity contribution >= 4 is 17.5 Å². The average Bonchev–Trinajstić information content (AvgIpc) is 2.44. The summed E-state index contributed by atoms with van der Waals surface area (Å²) in [6, 6.07) is 3.24. The fraction of sp³-hybridized carbons (Fsp3) is 0.429. The third-order valence-corrected chi connectivity index (χ3v) is 3.48. The van der Waals surface area contributed by atoms with Crippen molar-refractivity contribution in [2.45, 2.75) is 25.3 Å². The molecule has 1 atom stereocenters. The van der Waals surface area contributed by atoms with E-state index in [9.17, 15) is 14.0 Å². The molecule has 1 heterocycles. The lowest BCUT2D eigenvalue weighted by Gasteiger charge is -2.34. The number of carbonyl (C=O) groups excluding carboxylic acids is 2. The molecule has 0 aliphatic carbocycles. The molecule has 20 heavy (non-hydrogen) atoms. The molecule has 1 unspecified atom stereocenters. The predicted molar refractivity (Wildman–Crippen MR) is 73.6 cm³/mol. The highest BCUT2D eigenvalue weighted by molar-refractivity contribution is 5.98. The predicted octanol–water partition coefficient (Wildman–Crippen LogP) is 1.15. The minimum Gasteiger partial charge on any atom is -0.399 e. The van der Waals surface area contributed by atoms with E-state index < -0.39 is 11.9 Å². The van der Waals surface area contributed by atoms with Gasteiger partial charge in [0, 0.05) is 24.8 Å². The molecule has 1 fully saturated rings. The van der Waals surface area contributed by atoms with Crippen molar-refractivity contribution in [1.29, 1.82) is 0 Å². The maximum atomic E-state index is 13.3. The van der Waals surface area contributed by atoms with Gasteiger partial charge in [-0.15, -0.1) is 0 Å². The number of nitrogens with two attached hydrogens (primary N) is 1. The quantitative estimate of drug-likeness (QED) is 0.797. The van der Waals surface area contributed by atoms with Crippen molar-refractivity contribution in [2.75, 3.05) is 19.3 Å². The first kappa shape index (κ1) is 14.3. The summed E-state index contributed by atoms with van der Waals surface area (Å²) >= 11 is 0. The normalized spacial score (nSPS) is 18.7. The number of nitrogens with one attached hydrogen (secondary N) is 1. The zero-order chi connectivity index (χ0) is 14.7. The second kappa shape index (κ2) is 5.90. The number of amides is 2. The van der Waals surface area contributed by atoms with Crippen LogP contribution in [0, 0.1) is 5.82 Å². The topological polar surface area (TPSA) is 75.4 Å². The van der Waals surface area contributed by atoms with Gasteiger partial charge < -0.3 is 16.0 Å². The number of carbonyl (C=O) groups is 2. The zero-order valence-electron chi connectivity index (χ0n) is 11.4. The van der Waals surface area contributed by atoms with Gasteiger partial charge in [-0.3, -0.25) is 9.59 Å². The van der Waals surface area contributed by atoms with Gasteiger partial charge in [0.1, 0.15) is 11.9 Å². The van der Waals surface area contributed by atoms with Crippen LogP contribution >= 0.6 is 0 Å². The Balaban J connectivity index is 2.27. The van der Waals surface area contributed by atoms with Gasteiger partial charge >= 0.3 is 0 Å². The molecular weight excluding hydrogens is 261 g/mol. The zero-order valence-corrected chi connectivity index (χ0v) is 11.4. The van der Waals surface area contributed by atoms with Gasteiger partial charge in [-0.2, -0.15) is 0 Å². The first-order valence-electron chi connectivity index (χ1n) is 6.61. The fourth-order valence-corrected chi connectivity index (χ4v) is 2.52. The number of rotatable bonds is 2. The highest BCUT2D eigenvalue weighted by Crippen LogP contribution is 2.21. The molecule has 2 rings (SSSR count). The van der Waals surface area contributed by atoms with Crippen LogP contribution in [-0.2, 0) is 4.79 Å². The molecule has 0 bridgehead atoms. The molecule has 1 saturated heterocycles. The Kier molecular flexibility index (Phi) is 4.22. The Morgan fingerprint density at radius 3 is 2.75 bits per heavy atom. The fourth-order valence-electron chi connectivity index (χ4n) is 2.52. The highest BCUT2D eigenvalue weighted by Gasteiger charge is 2.32. The first-order valence-corrected chi connectivity index (χ1v) is 6.61. The van der Waals surface area contributed by atoms with E-state index in [1.54, 1.807) is 7.05 Å². The van der Waals surface area contributed by atoms with Crippen LogP contribution in [0.1, 0.15) is 29.6 Å². The Bertz CT molecular complexity index is 513. The molecule has 2 amide bonds. The number of likely N-dealkylation sites (N-methyl/N-ethyl adjacent to an activating group) is 1. The number of benzene rings is 1. The summed E-state index contributed by atoms with van der Waals surface area (Å²) in [4.78, 5) is 25.8. The van der Waals surface area contributed by atoms with E-state index in [1.165, 1.54) is 11.0 Å². The van der Waals surface area contributed by atoms with Crippen LogP contribution in [0.15, 0.2) is 18.2 Å². The van der Waals surface area contributed by atoms with Crippen LogP contribution < -0.4 is 11.1 Å². The van der Waals surface area contributed by atoms with Gasteiger partial charge in [0.15, 0.2) is 0 Å². The van der Waals surface area contributed by atoms with Crippen LogP contribution in [0.25, 0.3) is 0 Å². The number of likely N-dealkylation sites (tertiary alicyclic amines) is 1. The number of anilines is 1. The van der Waals surface area contributed by atoms with E-state index in [0.29, 0.717) is 13.0 Å². The highest BCUT2D eigenvalue weighted by atomic mass is 19.1. The van der Waals surface area contributed by atoms with Gasteiger partial charge in [0.25, 0.3) is 5.91 Å². The van der Waals surface area contributed by atoms with Crippen molar-refractivity contribution in [2.24, 2.45) is 0 Å². The molecular formula is C14H18FN3O2. The molecule has 1 aromatic carbocycles. The van der Waals surface area contributed by atoms with Gasteiger partial charge in [-0.05, 0) is 37.5 Å². The number of nitrogen functional groups attached to an aromatic ring is 1. The summed E-state index contributed by atoms with van der Waals surface area (Å²) in [5, 5.41) is 2.56. The van der Waals surface area contributed by atoms with Crippen molar-refractivity contribution in [3.63, 3.8) is 0 Å². The molecule has 0 spiro atoms. The van der Waals surface area contributed by atoms with Crippen LogP contribution in [0.5, 0.6) is 0 Å². The standard InChI is InChI=1S/C14H18FN3O2/c1-17-13(19)12-4-2-3-5-18(12)14(20)9-6-10(15)8-11(16)7-9/h6-8,12H,2-5,16H2,1H3,(H,17,19). The maximum absolute atomic E-state index is 13.3. The van der Waals surface area contributed by atoms with Crippen LogP contribution in [-0.4, -0.2) is 36.3 Å². The van der Waals surface area contributed by atoms with E-state index in [1.807, 2.05) is 0 Å². The second-order valence-electron chi connectivity index (χ2n) is 4.90. The van der Waals surface area contributed by atoms with Crippen LogP contribution in [0.2, 0.25) is 0 Å². The molecule has 0 aromatic heterocycles. The number of hydrogen-bond acceptors (Lipinski definition) is 3. The second-order valence-corrected chi connectivity index (χ2v) is 4.90. The van der Waals surface area contributed by atoms with E-state index in [2.05, 4.69) is 5.32 Å². The SMILES string of the molecule is CNC(=O)C1CCCCN1C(=O)c1cc(N)cc(F)c1. The third-order valence-electron chi connectivity index (χ3n) is 3.48. The van der Waals surface area contributed by atoms with E-state index in [0.717, 1.165) is 25.0 Å². The Morgan fingerprint density at radius 2 is 2.10 bits per heavy atom. The summed E-state index contributed by atoms with van der Waals surface area (Å²) in [7, 11) is 1.54. The minimum absolute atomic E-state index is 0.179. The lowest BCUT2D eigenvalue weighted by atomic mass is 10.00. The smallest absolute Gasteiger partial charge is 0.254 e. The summed E-state index contributed by atoms with van der Waals surface area (Å²) in [5.41, 5.74) is 5.93. The molecule has 0 radical (unpaired) electrons. The monoisotopic (exact) mass is 279 g/mol. The molecule has 1 aliphatic rings. The first-order chi connectivity index (χ1) is 9.52. The molecule has 108 valence electrons. The van der Waals surface area contributed by atoms with Crippen LogP contribution in [0.4, 0.5) is 10.1 Å². The van der Waals surface area contributed by atoms with Gasteiger partial charge in [0.05, 0.1) is 0 Å². The van der Waals surface area contributed by atoms with Gasteiger partial charge in [0.2, 0.25) is 5.91 Å². The van der Waals surface area contributed by atoms with E-state index in [-0.39, 0.29) is 23.1 Å². The Morgan fingerprint density at radius 1 is 1.35 bits per heavy atom. The molecule has 0 saturated carbocycles. The lowest BCUT2D eigenvalue weighted by Crippen LogP contribution is -2.51. The Labute approximate surface area is 116 Å². The number of piperidine rings is 1. The van der Waals surface area contributed by atoms with Crippen molar-refractivity contribution in [3.05, 3.63) is 29.6 Å². The average molecular weight is 279 g/mol. The van der Waals surface area contributed by atoms with Crippen molar-refractivity contribution in [1.82, 2.24) is 10.2 Å².